The number of allylic oxidation sites excluding steroid dienone is 1. The number of esters is 2. The lowest BCUT2D eigenvalue weighted by Crippen LogP contribution is -2.73. The van der Waals surface area contributed by atoms with Crippen molar-refractivity contribution >= 4 is 17.7 Å². The van der Waals surface area contributed by atoms with Crippen LogP contribution in [0.3, 0.4) is 0 Å². The highest BCUT2D eigenvalue weighted by Crippen LogP contribution is 2.73. The van der Waals surface area contributed by atoms with E-state index in [1.54, 1.807) is 19.9 Å². The van der Waals surface area contributed by atoms with Crippen LogP contribution in [0.25, 0.3) is 0 Å². The molecule has 8 nitrogen and oxygen atoms in total. The topological polar surface area (TPSA) is 130 Å². The molecular formula is C28H36O8. The van der Waals surface area contributed by atoms with E-state index in [4.69, 9.17) is 9.47 Å². The Hall–Kier alpha value is -2.03. The van der Waals surface area contributed by atoms with Crippen molar-refractivity contribution in [3.63, 3.8) is 0 Å². The highest BCUT2D eigenvalue weighted by molar-refractivity contribution is 5.97. The van der Waals surface area contributed by atoms with Crippen molar-refractivity contribution in [1.82, 2.24) is 0 Å². The highest BCUT2D eigenvalue weighted by atomic mass is 16.6. The molecule has 10 atom stereocenters. The van der Waals surface area contributed by atoms with Gasteiger partial charge in [-0.2, -0.15) is 0 Å². The van der Waals surface area contributed by atoms with Gasteiger partial charge in [-0.3, -0.25) is 9.59 Å². The molecule has 0 amide bonds. The number of aliphatic hydroxyl groups excluding tert-OH is 1. The third-order valence-electron chi connectivity index (χ3n) is 11.7. The lowest BCUT2D eigenvalue weighted by atomic mass is 9.41. The van der Waals surface area contributed by atoms with E-state index >= 15 is 0 Å². The van der Waals surface area contributed by atoms with Gasteiger partial charge in [0.1, 0.15) is 17.1 Å². The average molecular weight is 501 g/mol. The third kappa shape index (κ3) is 2.45. The van der Waals surface area contributed by atoms with E-state index in [-0.39, 0.29) is 24.5 Å². The molecule has 2 heterocycles. The molecule has 36 heavy (non-hydrogen) atoms. The lowest BCUT2D eigenvalue weighted by molar-refractivity contribution is -0.261. The Balaban J connectivity index is 1.41. The minimum atomic E-state index is -1.61. The zero-order chi connectivity index (χ0) is 26.1. The first-order valence-electron chi connectivity index (χ1n) is 13.2. The average Bonchev–Trinajstić information content (AvgIpc) is 3.26. The monoisotopic (exact) mass is 500 g/mol. The summed E-state index contributed by atoms with van der Waals surface area (Å²) in [5, 5.41) is 35.2. The normalized spacial score (nSPS) is 53.9. The van der Waals surface area contributed by atoms with Gasteiger partial charge in [0.25, 0.3) is 0 Å². The number of aliphatic hydroxyl groups is 3. The van der Waals surface area contributed by atoms with Crippen molar-refractivity contribution in [1.29, 1.82) is 0 Å². The molecule has 8 heteroatoms. The highest BCUT2D eigenvalue weighted by Gasteiger charge is 2.81. The standard InChI is InChI=1S/C28H36O8/c1-14-12-21(35-22(31)15(14)2)25(4)18-8-11-27(33)17-13-20(30)28(34)9-5-6-19(29)24(28,3)16(17)7-10-26(18,27)23(32)36-25/h5-6,16-18,20-21,30,33-34H,7-13H2,1-4H3/t16-,17+,18+,20?,21?,24-,25+,26+,27+,28-/m0/s1. The zero-order valence-corrected chi connectivity index (χ0v) is 21.4. The van der Waals surface area contributed by atoms with Gasteiger partial charge in [-0.1, -0.05) is 11.6 Å². The van der Waals surface area contributed by atoms with Gasteiger partial charge in [0.2, 0.25) is 0 Å². The Kier molecular flexibility index (Phi) is 4.78. The predicted molar refractivity (Wildman–Crippen MR) is 126 cm³/mol. The van der Waals surface area contributed by atoms with Crippen molar-refractivity contribution < 1.29 is 39.2 Å². The molecular weight excluding hydrogens is 464 g/mol. The fourth-order valence-electron chi connectivity index (χ4n) is 9.41. The van der Waals surface area contributed by atoms with Crippen LogP contribution in [0.5, 0.6) is 0 Å². The summed E-state index contributed by atoms with van der Waals surface area (Å²) in [6.45, 7) is 7.14. The van der Waals surface area contributed by atoms with Gasteiger partial charge >= 0.3 is 11.9 Å². The maximum atomic E-state index is 13.8. The first-order chi connectivity index (χ1) is 16.8. The van der Waals surface area contributed by atoms with Gasteiger partial charge in [0.15, 0.2) is 11.4 Å². The minimum Gasteiger partial charge on any atom is -0.455 e. The third-order valence-corrected chi connectivity index (χ3v) is 11.7. The summed E-state index contributed by atoms with van der Waals surface area (Å²) in [7, 11) is 0. The summed E-state index contributed by atoms with van der Waals surface area (Å²) >= 11 is 0. The molecule has 0 radical (unpaired) electrons. The van der Waals surface area contributed by atoms with Gasteiger partial charge in [0, 0.05) is 17.9 Å². The molecule has 0 aromatic heterocycles. The molecule has 0 aromatic carbocycles. The van der Waals surface area contributed by atoms with Crippen molar-refractivity contribution in [3.05, 3.63) is 23.3 Å². The zero-order valence-electron chi connectivity index (χ0n) is 21.4. The molecule has 1 saturated heterocycles. The Morgan fingerprint density at radius 3 is 2.42 bits per heavy atom. The molecule has 2 aliphatic heterocycles. The quantitative estimate of drug-likeness (QED) is 0.467. The lowest BCUT2D eigenvalue weighted by Gasteiger charge is -2.64. The van der Waals surface area contributed by atoms with E-state index in [0.717, 1.165) is 5.57 Å². The van der Waals surface area contributed by atoms with E-state index in [0.29, 0.717) is 37.7 Å². The summed E-state index contributed by atoms with van der Waals surface area (Å²) in [4.78, 5) is 39.6. The number of carbonyl (C=O) groups is 3. The van der Waals surface area contributed by atoms with Crippen LogP contribution in [0.4, 0.5) is 0 Å². The fourth-order valence-corrected chi connectivity index (χ4v) is 9.41. The number of hydrogen-bond donors (Lipinski definition) is 3. The van der Waals surface area contributed by atoms with Gasteiger partial charge in [-0.15, -0.1) is 0 Å². The molecule has 0 bridgehead atoms. The molecule has 3 N–H and O–H groups in total. The molecule has 196 valence electrons. The van der Waals surface area contributed by atoms with Gasteiger partial charge in [-0.05, 0) is 84.1 Å². The number of fused-ring (bicyclic) bond motifs is 4. The summed E-state index contributed by atoms with van der Waals surface area (Å²) in [6, 6.07) is 0. The minimum absolute atomic E-state index is 0.103. The van der Waals surface area contributed by atoms with Crippen LogP contribution >= 0.6 is 0 Å². The van der Waals surface area contributed by atoms with E-state index in [1.807, 2.05) is 13.8 Å². The Morgan fingerprint density at radius 1 is 1.00 bits per heavy atom. The van der Waals surface area contributed by atoms with Gasteiger partial charge < -0.3 is 24.8 Å². The van der Waals surface area contributed by atoms with Crippen molar-refractivity contribution in [2.45, 2.75) is 102 Å². The number of ketones is 1. The summed E-state index contributed by atoms with van der Waals surface area (Å²) in [5.74, 6) is -2.46. The maximum absolute atomic E-state index is 13.8. The van der Waals surface area contributed by atoms with Crippen LogP contribution < -0.4 is 0 Å². The molecule has 6 aliphatic rings. The van der Waals surface area contributed by atoms with E-state index < -0.39 is 63.6 Å². The molecule has 3 saturated carbocycles. The van der Waals surface area contributed by atoms with E-state index in [9.17, 15) is 29.7 Å². The molecule has 4 aliphatic carbocycles. The first kappa shape index (κ1) is 24.3. The fraction of sp³-hybridized carbons (Fsp3) is 0.750. The van der Waals surface area contributed by atoms with Crippen LogP contribution in [0.1, 0.15) is 72.6 Å². The van der Waals surface area contributed by atoms with Crippen molar-refractivity contribution in [3.8, 4) is 0 Å². The van der Waals surface area contributed by atoms with Crippen molar-refractivity contribution in [2.75, 3.05) is 0 Å². The Bertz CT molecular complexity index is 1140. The first-order valence-corrected chi connectivity index (χ1v) is 13.2. The van der Waals surface area contributed by atoms with Crippen LogP contribution in [-0.4, -0.2) is 62.1 Å². The summed E-state index contributed by atoms with van der Waals surface area (Å²) in [5.41, 5.74) is -5.20. The summed E-state index contributed by atoms with van der Waals surface area (Å²) in [6.07, 6.45) is 3.56. The largest absolute Gasteiger partial charge is 0.455 e. The molecule has 1 spiro atoms. The van der Waals surface area contributed by atoms with Crippen LogP contribution in [0, 0.1) is 28.6 Å². The number of rotatable bonds is 1. The second-order valence-corrected chi connectivity index (χ2v) is 12.7. The van der Waals surface area contributed by atoms with Crippen LogP contribution in [0.15, 0.2) is 23.3 Å². The second kappa shape index (κ2) is 7.08. The molecule has 4 fully saturated rings. The number of cyclic esters (lactones) is 2. The van der Waals surface area contributed by atoms with Gasteiger partial charge in [0.05, 0.1) is 17.1 Å². The molecule has 6 rings (SSSR count). The summed E-state index contributed by atoms with van der Waals surface area (Å²) < 4.78 is 11.9. The van der Waals surface area contributed by atoms with E-state index in [1.165, 1.54) is 6.08 Å². The Labute approximate surface area is 210 Å². The maximum Gasteiger partial charge on any atom is 0.334 e. The van der Waals surface area contributed by atoms with Gasteiger partial charge in [-0.25, -0.2) is 4.79 Å². The number of carbonyl (C=O) groups excluding carboxylic acids is 3. The molecule has 2 unspecified atom stereocenters. The molecule has 0 aromatic rings. The van der Waals surface area contributed by atoms with Crippen LogP contribution in [-0.2, 0) is 23.9 Å². The number of hydrogen-bond acceptors (Lipinski definition) is 8. The van der Waals surface area contributed by atoms with Crippen LogP contribution in [0.2, 0.25) is 0 Å². The SMILES string of the molecule is CC1=C(C)C(=O)OC([C@]2(C)OC(=O)[C@]34CC[C@H]5[C@@H](CC(O)[C@@]6(O)CC=CC(=O)[C@]56C)[C@]3(O)CC[C@H]24)C1. The smallest absolute Gasteiger partial charge is 0.334 e. The number of ether oxygens (including phenoxy) is 2. The van der Waals surface area contributed by atoms with E-state index in [2.05, 4.69) is 0 Å². The second-order valence-electron chi connectivity index (χ2n) is 12.7. The predicted octanol–water partition coefficient (Wildman–Crippen LogP) is 2.14. The Morgan fingerprint density at radius 2 is 1.72 bits per heavy atom. The van der Waals surface area contributed by atoms with Crippen molar-refractivity contribution in [2.24, 2.45) is 28.6 Å².